The van der Waals surface area contributed by atoms with Crippen molar-refractivity contribution in [2.24, 2.45) is 0 Å². The molecule has 84 valence electrons. The van der Waals surface area contributed by atoms with Crippen LogP contribution in [-0.4, -0.2) is 24.2 Å². The fourth-order valence-electron chi connectivity index (χ4n) is 1.97. The van der Waals surface area contributed by atoms with Crippen molar-refractivity contribution in [3.8, 4) is 0 Å². The van der Waals surface area contributed by atoms with Crippen LogP contribution in [0.1, 0.15) is 31.2 Å². The molecule has 0 unspecified atom stereocenters. The zero-order valence-corrected chi connectivity index (χ0v) is 9.38. The SMILES string of the molecule is CCc1ccc(CNC[C@H]2CCCO2)[nH]1. The van der Waals surface area contributed by atoms with Crippen LogP contribution >= 0.6 is 0 Å². The number of nitrogens with one attached hydrogen (secondary N) is 2. The molecule has 3 heteroatoms. The summed E-state index contributed by atoms with van der Waals surface area (Å²) in [5.41, 5.74) is 2.58. The first kappa shape index (κ1) is 10.7. The Kier molecular flexibility index (Phi) is 3.80. The molecule has 1 aromatic heterocycles. The van der Waals surface area contributed by atoms with Crippen LogP contribution in [-0.2, 0) is 17.7 Å². The van der Waals surface area contributed by atoms with Crippen LogP contribution in [0.2, 0.25) is 0 Å². The summed E-state index contributed by atoms with van der Waals surface area (Å²) >= 11 is 0. The van der Waals surface area contributed by atoms with Crippen molar-refractivity contribution in [1.82, 2.24) is 10.3 Å². The zero-order valence-electron chi connectivity index (χ0n) is 9.38. The Morgan fingerprint density at radius 1 is 1.47 bits per heavy atom. The van der Waals surface area contributed by atoms with E-state index in [-0.39, 0.29) is 0 Å². The number of H-pyrrole nitrogens is 1. The highest BCUT2D eigenvalue weighted by atomic mass is 16.5. The fraction of sp³-hybridized carbons (Fsp3) is 0.667. The van der Waals surface area contributed by atoms with Gasteiger partial charge in [-0.05, 0) is 31.4 Å². The van der Waals surface area contributed by atoms with Crippen molar-refractivity contribution in [1.29, 1.82) is 0 Å². The third kappa shape index (κ3) is 3.08. The molecule has 15 heavy (non-hydrogen) atoms. The van der Waals surface area contributed by atoms with Crippen molar-refractivity contribution in [2.75, 3.05) is 13.2 Å². The number of aromatic amines is 1. The summed E-state index contributed by atoms with van der Waals surface area (Å²) in [6.07, 6.45) is 3.93. The lowest BCUT2D eigenvalue weighted by Crippen LogP contribution is -2.25. The molecule has 1 fully saturated rings. The highest BCUT2D eigenvalue weighted by Crippen LogP contribution is 2.10. The van der Waals surface area contributed by atoms with Crippen LogP contribution in [0.15, 0.2) is 12.1 Å². The van der Waals surface area contributed by atoms with E-state index < -0.39 is 0 Å². The largest absolute Gasteiger partial charge is 0.377 e. The first-order valence-electron chi connectivity index (χ1n) is 5.87. The quantitative estimate of drug-likeness (QED) is 0.775. The van der Waals surface area contributed by atoms with Gasteiger partial charge in [-0.2, -0.15) is 0 Å². The van der Waals surface area contributed by atoms with E-state index >= 15 is 0 Å². The van der Waals surface area contributed by atoms with Crippen LogP contribution in [0.3, 0.4) is 0 Å². The Morgan fingerprint density at radius 2 is 2.33 bits per heavy atom. The number of hydrogen-bond acceptors (Lipinski definition) is 2. The summed E-state index contributed by atoms with van der Waals surface area (Å²) in [6, 6.07) is 4.31. The van der Waals surface area contributed by atoms with Crippen LogP contribution in [0.4, 0.5) is 0 Å². The van der Waals surface area contributed by atoms with Gasteiger partial charge in [0, 0.05) is 31.1 Å². The van der Waals surface area contributed by atoms with E-state index in [0.717, 1.165) is 26.1 Å². The topological polar surface area (TPSA) is 37.0 Å². The van der Waals surface area contributed by atoms with E-state index in [1.54, 1.807) is 0 Å². The van der Waals surface area contributed by atoms with E-state index in [1.165, 1.54) is 24.2 Å². The van der Waals surface area contributed by atoms with E-state index in [9.17, 15) is 0 Å². The highest BCUT2D eigenvalue weighted by molar-refractivity contribution is 5.12. The Morgan fingerprint density at radius 3 is 3.00 bits per heavy atom. The van der Waals surface area contributed by atoms with Gasteiger partial charge in [-0.15, -0.1) is 0 Å². The second-order valence-electron chi connectivity index (χ2n) is 4.13. The van der Waals surface area contributed by atoms with Gasteiger partial charge >= 0.3 is 0 Å². The molecular formula is C12H20N2O. The molecule has 0 radical (unpaired) electrons. The van der Waals surface area contributed by atoms with Crippen molar-refractivity contribution in [3.63, 3.8) is 0 Å². The molecule has 0 bridgehead atoms. The minimum absolute atomic E-state index is 0.436. The molecule has 2 N–H and O–H groups in total. The first-order valence-corrected chi connectivity index (χ1v) is 5.87. The zero-order chi connectivity index (χ0) is 10.5. The predicted octanol–water partition coefficient (Wildman–Crippen LogP) is 1.85. The van der Waals surface area contributed by atoms with E-state index in [2.05, 4.69) is 29.4 Å². The molecule has 1 aliphatic rings. The van der Waals surface area contributed by atoms with Crippen molar-refractivity contribution < 1.29 is 4.74 Å². The maximum atomic E-state index is 5.54. The second-order valence-corrected chi connectivity index (χ2v) is 4.13. The van der Waals surface area contributed by atoms with Crippen molar-refractivity contribution in [2.45, 2.75) is 38.8 Å². The van der Waals surface area contributed by atoms with Gasteiger partial charge in [0.1, 0.15) is 0 Å². The minimum Gasteiger partial charge on any atom is -0.377 e. The smallest absolute Gasteiger partial charge is 0.0700 e. The Bertz CT molecular complexity index is 290. The third-order valence-corrected chi connectivity index (χ3v) is 2.90. The summed E-state index contributed by atoms with van der Waals surface area (Å²) in [6.45, 7) is 4.99. The Hall–Kier alpha value is -0.800. The maximum Gasteiger partial charge on any atom is 0.0700 e. The lowest BCUT2D eigenvalue weighted by Gasteiger charge is -2.09. The molecule has 3 nitrogen and oxygen atoms in total. The predicted molar refractivity (Wildman–Crippen MR) is 60.9 cm³/mol. The monoisotopic (exact) mass is 208 g/mol. The molecule has 0 amide bonds. The standard InChI is InChI=1S/C12H20N2O/c1-2-10-5-6-11(14-10)8-13-9-12-4-3-7-15-12/h5-6,12-14H,2-4,7-9H2,1H3/t12-/m1/s1. The van der Waals surface area contributed by atoms with Crippen molar-refractivity contribution >= 4 is 0 Å². The average molecular weight is 208 g/mol. The van der Waals surface area contributed by atoms with Gasteiger partial charge < -0.3 is 15.0 Å². The molecule has 2 rings (SSSR count). The third-order valence-electron chi connectivity index (χ3n) is 2.90. The van der Waals surface area contributed by atoms with E-state index in [4.69, 9.17) is 4.74 Å². The number of ether oxygens (including phenoxy) is 1. The second kappa shape index (κ2) is 5.33. The van der Waals surface area contributed by atoms with Gasteiger partial charge in [0.2, 0.25) is 0 Å². The van der Waals surface area contributed by atoms with Crippen LogP contribution in [0.5, 0.6) is 0 Å². The molecule has 1 aliphatic heterocycles. The molecule has 0 aromatic carbocycles. The normalized spacial score (nSPS) is 21.0. The summed E-state index contributed by atoms with van der Waals surface area (Å²) in [5, 5.41) is 3.42. The highest BCUT2D eigenvalue weighted by Gasteiger charge is 2.14. The lowest BCUT2D eigenvalue weighted by atomic mass is 10.2. The van der Waals surface area contributed by atoms with Crippen LogP contribution in [0, 0.1) is 0 Å². The molecule has 1 atom stereocenters. The van der Waals surface area contributed by atoms with Gasteiger partial charge in [-0.1, -0.05) is 6.92 Å². The summed E-state index contributed by atoms with van der Waals surface area (Å²) in [4.78, 5) is 3.38. The molecule has 0 aliphatic carbocycles. The van der Waals surface area contributed by atoms with E-state index in [0.29, 0.717) is 6.10 Å². The number of hydrogen-bond donors (Lipinski definition) is 2. The van der Waals surface area contributed by atoms with Gasteiger partial charge in [-0.3, -0.25) is 0 Å². The Labute approximate surface area is 91.2 Å². The first-order chi connectivity index (χ1) is 7.38. The molecule has 0 saturated carbocycles. The molecule has 1 aromatic rings. The molecule has 0 spiro atoms. The summed E-state index contributed by atoms with van der Waals surface area (Å²) < 4.78 is 5.54. The van der Waals surface area contributed by atoms with Crippen LogP contribution in [0.25, 0.3) is 0 Å². The van der Waals surface area contributed by atoms with Crippen LogP contribution < -0.4 is 5.32 Å². The lowest BCUT2D eigenvalue weighted by molar-refractivity contribution is 0.110. The van der Waals surface area contributed by atoms with Crippen molar-refractivity contribution in [3.05, 3.63) is 23.5 Å². The average Bonchev–Trinajstić information content (AvgIpc) is 2.88. The summed E-state index contributed by atoms with van der Waals surface area (Å²) in [5.74, 6) is 0. The van der Waals surface area contributed by atoms with Gasteiger partial charge in [-0.25, -0.2) is 0 Å². The maximum absolute atomic E-state index is 5.54. The van der Waals surface area contributed by atoms with Gasteiger partial charge in [0.05, 0.1) is 6.10 Å². The number of rotatable bonds is 5. The molecule has 2 heterocycles. The molecule has 1 saturated heterocycles. The number of aryl methyl sites for hydroxylation is 1. The molecular weight excluding hydrogens is 188 g/mol. The summed E-state index contributed by atoms with van der Waals surface area (Å²) in [7, 11) is 0. The Balaban J connectivity index is 1.68. The number of aromatic nitrogens is 1. The van der Waals surface area contributed by atoms with E-state index in [1.807, 2.05) is 0 Å². The van der Waals surface area contributed by atoms with Gasteiger partial charge in [0.15, 0.2) is 0 Å². The minimum atomic E-state index is 0.436. The van der Waals surface area contributed by atoms with Gasteiger partial charge in [0.25, 0.3) is 0 Å². The fourth-order valence-corrected chi connectivity index (χ4v) is 1.97.